The molecule has 0 radical (unpaired) electrons. The molecule has 0 heterocycles. The van der Waals surface area contributed by atoms with Crippen LogP contribution in [0.4, 0.5) is 0 Å². The Morgan fingerprint density at radius 2 is 1.56 bits per heavy atom. The van der Waals surface area contributed by atoms with Gasteiger partial charge in [0.25, 0.3) is 5.91 Å². The molecule has 0 aromatic heterocycles. The smallest absolute Gasteiger partial charge is 0.359 e. The number of amides is 1. The fourth-order valence-corrected chi connectivity index (χ4v) is 6.49. The number of carbonyl (C=O) groups is 1. The lowest BCUT2D eigenvalue weighted by Gasteiger charge is -2.35. The number of nitrogens with zero attached hydrogens (tertiary/aromatic N) is 1. The van der Waals surface area contributed by atoms with Crippen LogP contribution in [0.25, 0.3) is 0 Å². The first kappa shape index (κ1) is 26.2. The lowest BCUT2D eigenvalue weighted by Crippen LogP contribution is -2.87. The van der Waals surface area contributed by atoms with E-state index in [1.165, 1.54) is 24.3 Å². The molecule has 2 aromatic carbocycles. The van der Waals surface area contributed by atoms with Gasteiger partial charge in [0.2, 0.25) is 0 Å². The lowest BCUT2D eigenvalue weighted by molar-refractivity contribution is -0.655. The van der Waals surface area contributed by atoms with Crippen molar-refractivity contribution < 1.29 is 36.7 Å². The summed E-state index contributed by atoms with van der Waals surface area (Å²) in [5, 5.41) is 1.69. The number of nitrogens with two attached hydrogens (primary N) is 1. The van der Waals surface area contributed by atoms with Crippen LogP contribution < -0.4 is 5.32 Å². The van der Waals surface area contributed by atoms with Crippen molar-refractivity contribution in [2.45, 2.75) is 26.1 Å². The molecule has 2 rings (SSSR count). The molecule has 0 aliphatic heterocycles. The lowest BCUT2D eigenvalue weighted by atomic mass is 10.1. The van der Waals surface area contributed by atoms with Gasteiger partial charge in [-0.3, -0.25) is 9.36 Å². The predicted molar refractivity (Wildman–Crippen MR) is 119 cm³/mol. The van der Waals surface area contributed by atoms with E-state index in [4.69, 9.17) is 9.05 Å². The van der Waals surface area contributed by atoms with Crippen LogP contribution in [0.5, 0.6) is 0 Å². The standard InChI is InChI=1S/C21H29N2O7PS/c1-3-29-31(25,30-4-2)20(17-22-16-15-18-11-7-5-8-12-18)23(32(26,27)28)21(24)19-13-9-6-10-14-19/h5-14,20,22H,3-4,15-17H2,1-2H3,(H,26,27,28)/t20-/m1/s1. The van der Waals surface area contributed by atoms with Crippen molar-refractivity contribution in [3.63, 3.8) is 0 Å². The average molecular weight is 485 g/mol. The Kier molecular flexibility index (Phi) is 10.0. The highest BCUT2D eigenvalue weighted by Gasteiger charge is 2.46. The van der Waals surface area contributed by atoms with Crippen LogP contribution in [0.1, 0.15) is 29.8 Å². The molecule has 0 bridgehead atoms. The second kappa shape index (κ2) is 12.2. The van der Waals surface area contributed by atoms with Gasteiger partial charge in [-0.2, -0.15) is 0 Å². The summed E-state index contributed by atoms with van der Waals surface area (Å²) in [7, 11) is -9.51. The molecule has 0 saturated carbocycles. The molecular weight excluding hydrogens is 455 g/mol. The number of quaternary nitrogens is 1. The fraction of sp³-hybridized carbons (Fsp3) is 0.381. The fourth-order valence-electron chi connectivity index (χ4n) is 3.20. The molecule has 0 aliphatic rings. The van der Waals surface area contributed by atoms with Crippen LogP contribution in [0.2, 0.25) is 0 Å². The van der Waals surface area contributed by atoms with Gasteiger partial charge in [-0.1, -0.05) is 48.5 Å². The summed E-state index contributed by atoms with van der Waals surface area (Å²) in [4.78, 5) is 13.0. The molecule has 0 unspecified atom stereocenters. The SMILES string of the molecule is CCOP(=O)(OCC)[C@H](C[NH2+]CCc1ccccc1)N(C(=O)c1ccccc1)S(=O)(=O)[O-]. The molecule has 2 aromatic rings. The zero-order chi connectivity index (χ0) is 23.6. The highest BCUT2D eigenvalue weighted by atomic mass is 32.2. The van der Waals surface area contributed by atoms with Gasteiger partial charge in [-0.05, 0) is 31.5 Å². The highest BCUT2D eigenvalue weighted by Crippen LogP contribution is 2.54. The third kappa shape index (κ3) is 7.23. The molecule has 0 spiro atoms. The Hall–Kier alpha value is -2.07. The number of hydrogen-bond donors (Lipinski definition) is 1. The highest BCUT2D eigenvalue weighted by molar-refractivity contribution is 7.84. The van der Waals surface area contributed by atoms with E-state index in [0.29, 0.717) is 13.0 Å². The Morgan fingerprint density at radius 3 is 2.06 bits per heavy atom. The summed E-state index contributed by atoms with van der Waals surface area (Å²) in [5.41, 5.74) is 1.03. The summed E-state index contributed by atoms with van der Waals surface area (Å²) in [6.45, 7) is 3.37. The summed E-state index contributed by atoms with van der Waals surface area (Å²) < 4.78 is 60.9. The molecule has 1 amide bonds. The molecule has 9 nitrogen and oxygen atoms in total. The molecule has 2 N–H and O–H groups in total. The van der Waals surface area contributed by atoms with Crippen LogP contribution in [-0.2, 0) is 30.3 Å². The van der Waals surface area contributed by atoms with Crippen molar-refractivity contribution in [3.05, 3.63) is 71.8 Å². The van der Waals surface area contributed by atoms with Gasteiger partial charge in [0.05, 0.1) is 19.8 Å². The maximum Gasteiger partial charge on any atom is 0.359 e. The molecule has 0 aliphatic carbocycles. The molecule has 176 valence electrons. The summed E-state index contributed by atoms with van der Waals surface area (Å²) in [6.07, 6.45) is 0.651. The van der Waals surface area contributed by atoms with Gasteiger partial charge in [0, 0.05) is 12.0 Å². The van der Waals surface area contributed by atoms with E-state index in [-0.39, 0.29) is 29.6 Å². The third-order valence-corrected chi connectivity index (χ3v) is 8.04. The predicted octanol–water partition coefficient (Wildman–Crippen LogP) is 1.99. The minimum Gasteiger partial charge on any atom is -0.731 e. The van der Waals surface area contributed by atoms with E-state index in [0.717, 1.165) is 5.56 Å². The molecule has 0 fully saturated rings. The topological polar surface area (TPSA) is 130 Å². The van der Waals surface area contributed by atoms with Gasteiger partial charge in [0.1, 0.15) is 6.54 Å². The zero-order valence-electron chi connectivity index (χ0n) is 18.1. The second-order valence-electron chi connectivity index (χ2n) is 6.83. The molecular formula is C21H29N2O7PS. The molecule has 11 heteroatoms. The average Bonchev–Trinajstić information content (AvgIpc) is 2.76. The van der Waals surface area contributed by atoms with Crippen LogP contribution in [0.15, 0.2) is 60.7 Å². The van der Waals surface area contributed by atoms with Crippen LogP contribution in [0.3, 0.4) is 0 Å². The van der Waals surface area contributed by atoms with Gasteiger partial charge < -0.3 is 18.9 Å². The summed E-state index contributed by atoms with van der Waals surface area (Å²) in [5.74, 6) is -2.70. The Labute approximate surface area is 189 Å². The molecule has 1 atom stereocenters. The van der Waals surface area contributed by atoms with Crippen molar-refractivity contribution in [2.75, 3.05) is 26.3 Å². The van der Waals surface area contributed by atoms with Crippen LogP contribution in [0, 0.1) is 0 Å². The minimum absolute atomic E-state index is 0.0271. The monoisotopic (exact) mass is 484 g/mol. The van der Waals surface area contributed by atoms with Crippen molar-refractivity contribution in [1.29, 1.82) is 0 Å². The third-order valence-electron chi connectivity index (χ3n) is 4.57. The van der Waals surface area contributed by atoms with Crippen molar-refractivity contribution in [2.24, 2.45) is 0 Å². The van der Waals surface area contributed by atoms with Crippen molar-refractivity contribution in [3.8, 4) is 0 Å². The number of benzene rings is 2. The van der Waals surface area contributed by atoms with Gasteiger partial charge in [-0.25, -0.2) is 12.7 Å². The van der Waals surface area contributed by atoms with E-state index in [1.807, 2.05) is 30.3 Å². The normalized spacial score (nSPS) is 13.0. The van der Waals surface area contributed by atoms with Gasteiger partial charge in [0.15, 0.2) is 16.1 Å². The molecule has 0 saturated heterocycles. The quantitative estimate of drug-likeness (QED) is 0.261. The largest absolute Gasteiger partial charge is 0.731 e. The van der Waals surface area contributed by atoms with Crippen molar-refractivity contribution in [1.82, 2.24) is 4.31 Å². The summed E-state index contributed by atoms with van der Waals surface area (Å²) >= 11 is 0. The van der Waals surface area contributed by atoms with E-state index in [1.54, 1.807) is 25.2 Å². The first-order chi connectivity index (χ1) is 15.2. The van der Waals surface area contributed by atoms with E-state index in [9.17, 15) is 22.3 Å². The minimum atomic E-state index is -5.34. The maximum atomic E-state index is 13.5. The Balaban J connectivity index is 2.36. The second-order valence-corrected chi connectivity index (χ2v) is 10.3. The van der Waals surface area contributed by atoms with Crippen molar-refractivity contribution >= 4 is 23.8 Å². The van der Waals surface area contributed by atoms with Crippen LogP contribution in [-0.4, -0.2) is 55.3 Å². The van der Waals surface area contributed by atoms with Gasteiger partial charge in [-0.15, -0.1) is 0 Å². The van der Waals surface area contributed by atoms with Gasteiger partial charge >= 0.3 is 7.60 Å². The van der Waals surface area contributed by atoms with E-state index in [2.05, 4.69) is 0 Å². The van der Waals surface area contributed by atoms with E-state index < -0.39 is 29.6 Å². The first-order valence-corrected chi connectivity index (χ1v) is 13.3. The Morgan fingerprint density at radius 1 is 1.03 bits per heavy atom. The maximum absolute atomic E-state index is 13.5. The van der Waals surface area contributed by atoms with E-state index >= 15 is 0 Å². The zero-order valence-corrected chi connectivity index (χ0v) is 19.8. The van der Waals surface area contributed by atoms with Crippen LogP contribution >= 0.6 is 7.60 Å². The Bertz CT molecular complexity index is 993. The number of rotatable bonds is 13. The number of carbonyl (C=O) groups excluding carboxylic acids is 1. The summed E-state index contributed by atoms with van der Waals surface area (Å²) in [6, 6.07) is 17.1. The molecule has 32 heavy (non-hydrogen) atoms. The first-order valence-electron chi connectivity index (χ1n) is 10.3. The number of hydrogen-bond acceptors (Lipinski definition) is 7.